The number of Topliss-reactive ketones (excluding diaryl/α,β-unsaturated/α-hetero) is 1. The van der Waals surface area contributed by atoms with E-state index in [1.165, 1.54) is 16.9 Å². The summed E-state index contributed by atoms with van der Waals surface area (Å²) in [5, 5.41) is 0. The monoisotopic (exact) mass is 220 g/mol. The second-order valence-corrected chi connectivity index (χ2v) is 4.92. The molecule has 0 saturated heterocycles. The number of carbonyl (C=O) groups excluding carboxylic acids is 1. The Morgan fingerprint density at radius 2 is 1.93 bits per heavy atom. The van der Waals surface area contributed by atoms with Crippen molar-refractivity contribution in [1.82, 2.24) is 0 Å². The number of rotatable bonds is 2. The SMILES string of the molecule is CSc1ccc(C2CCCCC2=O)cc1. The molecule has 1 aliphatic rings. The first kappa shape index (κ1) is 10.7. The minimum absolute atomic E-state index is 0.176. The van der Waals surface area contributed by atoms with Crippen LogP contribution in [0, 0.1) is 0 Å². The molecule has 2 rings (SSSR count). The normalized spacial score (nSPS) is 21.7. The number of hydrogen-bond acceptors (Lipinski definition) is 2. The Labute approximate surface area is 95.3 Å². The number of ketones is 1. The van der Waals surface area contributed by atoms with Gasteiger partial charge >= 0.3 is 0 Å². The summed E-state index contributed by atoms with van der Waals surface area (Å²) in [5.74, 6) is 0.604. The number of benzene rings is 1. The summed E-state index contributed by atoms with van der Waals surface area (Å²) in [4.78, 5) is 13.0. The standard InChI is InChI=1S/C13H16OS/c1-15-11-8-6-10(7-9-11)12-4-2-3-5-13(12)14/h6-9,12H,2-5H2,1H3. The van der Waals surface area contributed by atoms with Crippen LogP contribution in [0.15, 0.2) is 29.2 Å². The molecule has 0 spiro atoms. The van der Waals surface area contributed by atoms with Gasteiger partial charge in [-0.3, -0.25) is 4.79 Å². The van der Waals surface area contributed by atoms with E-state index in [4.69, 9.17) is 0 Å². The van der Waals surface area contributed by atoms with E-state index in [0.29, 0.717) is 5.78 Å². The second kappa shape index (κ2) is 4.84. The number of hydrogen-bond donors (Lipinski definition) is 0. The van der Waals surface area contributed by atoms with Crippen LogP contribution >= 0.6 is 11.8 Å². The van der Waals surface area contributed by atoms with Gasteiger partial charge in [0.15, 0.2) is 0 Å². The summed E-state index contributed by atoms with van der Waals surface area (Å²) >= 11 is 1.74. The Morgan fingerprint density at radius 1 is 1.20 bits per heavy atom. The average molecular weight is 220 g/mol. The predicted molar refractivity (Wildman–Crippen MR) is 64.4 cm³/mol. The molecule has 0 bridgehead atoms. The van der Waals surface area contributed by atoms with Crippen LogP contribution in [0.4, 0.5) is 0 Å². The molecule has 1 atom stereocenters. The highest BCUT2D eigenvalue weighted by atomic mass is 32.2. The van der Waals surface area contributed by atoms with Crippen molar-refractivity contribution >= 4 is 17.5 Å². The topological polar surface area (TPSA) is 17.1 Å². The molecule has 1 aromatic carbocycles. The average Bonchev–Trinajstić information content (AvgIpc) is 2.30. The lowest BCUT2D eigenvalue weighted by Gasteiger charge is -2.20. The summed E-state index contributed by atoms with van der Waals surface area (Å²) in [6.45, 7) is 0. The zero-order valence-corrected chi connectivity index (χ0v) is 9.85. The Morgan fingerprint density at radius 3 is 2.53 bits per heavy atom. The van der Waals surface area contributed by atoms with E-state index < -0.39 is 0 Å². The van der Waals surface area contributed by atoms with Crippen molar-refractivity contribution < 1.29 is 4.79 Å². The van der Waals surface area contributed by atoms with Gasteiger partial charge in [-0.1, -0.05) is 18.6 Å². The van der Waals surface area contributed by atoms with Crippen molar-refractivity contribution in [2.75, 3.05) is 6.26 Å². The maximum absolute atomic E-state index is 11.7. The minimum Gasteiger partial charge on any atom is -0.299 e. The van der Waals surface area contributed by atoms with E-state index in [-0.39, 0.29) is 5.92 Å². The highest BCUT2D eigenvalue weighted by molar-refractivity contribution is 7.98. The first-order valence-electron chi connectivity index (χ1n) is 5.48. The third-order valence-corrected chi connectivity index (χ3v) is 3.82. The Hall–Kier alpha value is -0.760. The van der Waals surface area contributed by atoms with Crippen LogP contribution in [0.1, 0.15) is 37.2 Å². The summed E-state index contributed by atoms with van der Waals surface area (Å²) in [5.41, 5.74) is 1.21. The highest BCUT2D eigenvalue weighted by Gasteiger charge is 2.23. The molecule has 1 aliphatic carbocycles. The fourth-order valence-corrected chi connectivity index (χ4v) is 2.58. The predicted octanol–water partition coefficient (Wildman–Crippen LogP) is 3.64. The van der Waals surface area contributed by atoms with Gasteiger partial charge in [-0.15, -0.1) is 11.8 Å². The fourth-order valence-electron chi connectivity index (χ4n) is 2.17. The lowest BCUT2D eigenvalue weighted by atomic mass is 9.83. The van der Waals surface area contributed by atoms with Crippen molar-refractivity contribution in [3.8, 4) is 0 Å². The van der Waals surface area contributed by atoms with Gasteiger partial charge in [-0.05, 0) is 36.8 Å². The van der Waals surface area contributed by atoms with E-state index in [1.807, 2.05) is 0 Å². The summed E-state index contributed by atoms with van der Waals surface area (Å²) in [7, 11) is 0. The zero-order chi connectivity index (χ0) is 10.7. The van der Waals surface area contributed by atoms with Crippen molar-refractivity contribution in [2.24, 2.45) is 0 Å². The molecule has 0 amide bonds. The van der Waals surface area contributed by atoms with E-state index in [1.54, 1.807) is 11.8 Å². The molecule has 80 valence electrons. The van der Waals surface area contributed by atoms with Crippen molar-refractivity contribution in [2.45, 2.75) is 36.5 Å². The zero-order valence-electron chi connectivity index (χ0n) is 9.03. The van der Waals surface area contributed by atoms with Gasteiger partial charge in [0.1, 0.15) is 5.78 Å². The van der Waals surface area contributed by atoms with Crippen molar-refractivity contribution in [3.63, 3.8) is 0 Å². The first-order valence-corrected chi connectivity index (χ1v) is 6.70. The summed E-state index contributed by atoms with van der Waals surface area (Å²) in [6, 6.07) is 8.45. The van der Waals surface area contributed by atoms with Crippen LogP contribution in [0.3, 0.4) is 0 Å². The maximum atomic E-state index is 11.7. The van der Waals surface area contributed by atoms with Gasteiger partial charge in [0.05, 0.1) is 0 Å². The van der Waals surface area contributed by atoms with Gasteiger partial charge in [0, 0.05) is 17.2 Å². The van der Waals surface area contributed by atoms with Crippen molar-refractivity contribution in [3.05, 3.63) is 29.8 Å². The van der Waals surface area contributed by atoms with Gasteiger partial charge in [0.25, 0.3) is 0 Å². The van der Waals surface area contributed by atoms with Crippen LogP contribution in [-0.4, -0.2) is 12.0 Å². The van der Waals surface area contributed by atoms with Gasteiger partial charge < -0.3 is 0 Å². The van der Waals surface area contributed by atoms with E-state index >= 15 is 0 Å². The van der Waals surface area contributed by atoms with E-state index in [0.717, 1.165) is 19.3 Å². The second-order valence-electron chi connectivity index (χ2n) is 4.04. The fraction of sp³-hybridized carbons (Fsp3) is 0.462. The largest absolute Gasteiger partial charge is 0.299 e. The van der Waals surface area contributed by atoms with Gasteiger partial charge in [-0.2, -0.15) is 0 Å². The maximum Gasteiger partial charge on any atom is 0.140 e. The summed E-state index contributed by atoms with van der Waals surface area (Å²) in [6.07, 6.45) is 6.16. The van der Waals surface area contributed by atoms with Gasteiger partial charge in [-0.25, -0.2) is 0 Å². The number of carbonyl (C=O) groups is 1. The van der Waals surface area contributed by atoms with E-state index in [2.05, 4.69) is 30.5 Å². The molecule has 0 aromatic heterocycles. The molecule has 1 unspecified atom stereocenters. The molecule has 1 fully saturated rings. The molecule has 1 saturated carbocycles. The van der Waals surface area contributed by atoms with Crippen molar-refractivity contribution in [1.29, 1.82) is 0 Å². The molecule has 2 heteroatoms. The van der Waals surface area contributed by atoms with Gasteiger partial charge in [0.2, 0.25) is 0 Å². The third-order valence-electron chi connectivity index (χ3n) is 3.07. The van der Waals surface area contributed by atoms with Crippen LogP contribution < -0.4 is 0 Å². The molecule has 15 heavy (non-hydrogen) atoms. The Balaban J connectivity index is 2.17. The number of thioether (sulfide) groups is 1. The first-order chi connectivity index (χ1) is 7.31. The van der Waals surface area contributed by atoms with Crippen LogP contribution in [-0.2, 0) is 4.79 Å². The van der Waals surface area contributed by atoms with Crippen LogP contribution in [0.25, 0.3) is 0 Å². The lowest BCUT2D eigenvalue weighted by molar-refractivity contribution is -0.121. The van der Waals surface area contributed by atoms with Crippen LogP contribution in [0.2, 0.25) is 0 Å². The quantitative estimate of drug-likeness (QED) is 0.708. The Bertz CT molecular complexity index is 342. The smallest absolute Gasteiger partial charge is 0.140 e. The van der Waals surface area contributed by atoms with E-state index in [9.17, 15) is 4.79 Å². The van der Waals surface area contributed by atoms with Crippen LogP contribution in [0.5, 0.6) is 0 Å². The highest BCUT2D eigenvalue weighted by Crippen LogP contribution is 2.30. The molecule has 0 heterocycles. The molecular formula is C13H16OS. The minimum atomic E-state index is 0.176. The molecular weight excluding hydrogens is 204 g/mol. The molecule has 0 radical (unpaired) electrons. The molecule has 1 aromatic rings. The third kappa shape index (κ3) is 2.43. The molecule has 0 aliphatic heterocycles. The lowest BCUT2D eigenvalue weighted by Crippen LogP contribution is -2.16. The summed E-state index contributed by atoms with van der Waals surface area (Å²) < 4.78 is 0. The molecule has 1 nitrogen and oxygen atoms in total. The molecule has 0 N–H and O–H groups in total. The Kier molecular flexibility index (Phi) is 3.47.